The fraction of sp³-hybridized carbons (Fsp3) is 0.286. The number of amides is 1. The first kappa shape index (κ1) is 18.0. The number of aryl methyl sites for hydroxylation is 1. The first-order valence-electron chi connectivity index (χ1n) is 9.33. The van der Waals surface area contributed by atoms with Crippen molar-refractivity contribution in [1.82, 2.24) is 19.9 Å². The molecule has 0 aliphatic carbocycles. The monoisotopic (exact) mass is 378 g/mol. The maximum atomic E-state index is 13.1. The number of hydrogen-bond acceptors (Lipinski definition) is 5. The molecule has 0 spiro atoms. The zero-order chi connectivity index (χ0) is 19.5. The van der Waals surface area contributed by atoms with Gasteiger partial charge < -0.3 is 14.4 Å². The second-order valence-electron chi connectivity index (χ2n) is 6.56. The van der Waals surface area contributed by atoms with Crippen molar-refractivity contribution >= 4 is 5.91 Å². The van der Waals surface area contributed by atoms with Crippen LogP contribution in [-0.4, -0.2) is 45.6 Å². The highest BCUT2D eigenvalue weighted by molar-refractivity contribution is 5.93. The molecule has 2 aromatic carbocycles. The van der Waals surface area contributed by atoms with E-state index in [-0.39, 0.29) is 5.91 Å². The molecule has 0 bridgehead atoms. The molecule has 1 aliphatic rings. The second-order valence-corrected chi connectivity index (χ2v) is 6.56. The Morgan fingerprint density at radius 2 is 1.82 bits per heavy atom. The van der Waals surface area contributed by atoms with Gasteiger partial charge in [-0.15, -0.1) is 5.10 Å². The smallest absolute Gasteiger partial charge is 0.276 e. The fourth-order valence-electron chi connectivity index (χ4n) is 3.14. The first-order valence-corrected chi connectivity index (χ1v) is 9.33. The number of carbonyl (C=O) groups excluding carboxylic acids is 1. The molecule has 3 aromatic rings. The molecule has 0 N–H and O–H groups in total. The molecule has 0 radical (unpaired) electrons. The lowest BCUT2D eigenvalue weighted by Gasteiger charge is -2.22. The van der Waals surface area contributed by atoms with Crippen LogP contribution in [-0.2, 0) is 6.54 Å². The minimum absolute atomic E-state index is 0.142. The van der Waals surface area contributed by atoms with Gasteiger partial charge in [0.25, 0.3) is 5.91 Å². The highest BCUT2D eigenvalue weighted by Crippen LogP contribution is 2.31. The number of para-hydroxylation sites is 1. The van der Waals surface area contributed by atoms with E-state index in [0.29, 0.717) is 37.7 Å². The van der Waals surface area contributed by atoms with Crippen molar-refractivity contribution in [3.8, 4) is 17.2 Å². The number of rotatable bonds is 5. The van der Waals surface area contributed by atoms with E-state index in [0.717, 1.165) is 22.7 Å². The quantitative estimate of drug-likeness (QED) is 0.683. The molecule has 1 aromatic heterocycles. The van der Waals surface area contributed by atoms with E-state index in [4.69, 9.17) is 9.47 Å². The van der Waals surface area contributed by atoms with Gasteiger partial charge in [-0.2, -0.15) is 9.90 Å². The molecule has 28 heavy (non-hydrogen) atoms. The van der Waals surface area contributed by atoms with Crippen LogP contribution in [0.25, 0.3) is 5.69 Å². The molecule has 1 amide bonds. The van der Waals surface area contributed by atoms with Crippen LogP contribution in [0.1, 0.15) is 28.7 Å². The van der Waals surface area contributed by atoms with Crippen molar-refractivity contribution < 1.29 is 14.3 Å². The van der Waals surface area contributed by atoms with Gasteiger partial charge in [0.05, 0.1) is 11.4 Å². The molecule has 7 heteroatoms. The van der Waals surface area contributed by atoms with Crippen molar-refractivity contribution in [3.63, 3.8) is 0 Å². The van der Waals surface area contributed by atoms with Gasteiger partial charge in [0.1, 0.15) is 13.2 Å². The standard InChI is InChI=1S/C21H22N4O3/c1-3-24(14-16-9-10-18-19(13-16)28-12-11-27-18)21(26)20-15(2)22-25(23-20)17-7-5-4-6-8-17/h4-10,13H,3,11-12,14H2,1-2H3. The Kier molecular flexibility index (Phi) is 4.97. The van der Waals surface area contributed by atoms with E-state index in [1.165, 1.54) is 4.80 Å². The number of ether oxygens (including phenoxy) is 2. The van der Waals surface area contributed by atoms with Crippen LogP contribution < -0.4 is 9.47 Å². The number of hydrogen-bond donors (Lipinski definition) is 0. The van der Waals surface area contributed by atoms with E-state index in [1.807, 2.05) is 55.5 Å². The average molecular weight is 378 g/mol. The summed E-state index contributed by atoms with van der Waals surface area (Å²) in [5.41, 5.74) is 2.77. The Morgan fingerprint density at radius 3 is 2.57 bits per heavy atom. The van der Waals surface area contributed by atoms with Crippen molar-refractivity contribution in [2.24, 2.45) is 0 Å². The maximum Gasteiger partial charge on any atom is 0.276 e. The molecule has 4 rings (SSSR count). The van der Waals surface area contributed by atoms with Gasteiger partial charge in [0.2, 0.25) is 0 Å². The second kappa shape index (κ2) is 7.72. The molecule has 2 heterocycles. The van der Waals surface area contributed by atoms with Crippen LogP contribution in [0.3, 0.4) is 0 Å². The number of aromatic nitrogens is 3. The van der Waals surface area contributed by atoms with E-state index in [1.54, 1.807) is 11.8 Å². The van der Waals surface area contributed by atoms with Crippen LogP contribution in [0.2, 0.25) is 0 Å². The number of fused-ring (bicyclic) bond motifs is 1. The normalized spacial score (nSPS) is 12.6. The zero-order valence-corrected chi connectivity index (χ0v) is 16.0. The van der Waals surface area contributed by atoms with Crippen LogP contribution in [0, 0.1) is 6.92 Å². The summed E-state index contributed by atoms with van der Waals surface area (Å²) in [5, 5.41) is 8.84. The van der Waals surface area contributed by atoms with Crippen molar-refractivity contribution in [2.75, 3.05) is 19.8 Å². The van der Waals surface area contributed by atoms with Gasteiger partial charge in [0, 0.05) is 13.1 Å². The lowest BCUT2D eigenvalue weighted by Crippen LogP contribution is -2.31. The third-order valence-corrected chi connectivity index (χ3v) is 4.62. The van der Waals surface area contributed by atoms with Crippen LogP contribution >= 0.6 is 0 Å². The molecule has 0 saturated carbocycles. The van der Waals surface area contributed by atoms with Gasteiger partial charge in [-0.1, -0.05) is 24.3 Å². The molecule has 0 saturated heterocycles. The van der Waals surface area contributed by atoms with Crippen LogP contribution in [0.15, 0.2) is 48.5 Å². The van der Waals surface area contributed by atoms with Gasteiger partial charge in [-0.05, 0) is 43.7 Å². The minimum Gasteiger partial charge on any atom is -0.486 e. The Morgan fingerprint density at radius 1 is 1.07 bits per heavy atom. The average Bonchev–Trinajstić information content (AvgIpc) is 3.13. The SMILES string of the molecule is CCN(Cc1ccc2c(c1)OCCO2)C(=O)c1nn(-c2ccccc2)nc1C. The maximum absolute atomic E-state index is 13.1. The lowest BCUT2D eigenvalue weighted by molar-refractivity contribution is 0.0745. The molecule has 0 unspecified atom stereocenters. The van der Waals surface area contributed by atoms with Gasteiger partial charge >= 0.3 is 0 Å². The van der Waals surface area contributed by atoms with Crippen LogP contribution in [0.4, 0.5) is 0 Å². The van der Waals surface area contributed by atoms with Gasteiger partial charge in [-0.25, -0.2) is 0 Å². The summed E-state index contributed by atoms with van der Waals surface area (Å²) in [6.07, 6.45) is 0. The lowest BCUT2D eigenvalue weighted by atomic mass is 10.1. The fourth-order valence-corrected chi connectivity index (χ4v) is 3.14. The van der Waals surface area contributed by atoms with Gasteiger partial charge in [0.15, 0.2) is 17.2 Å². The molecule has 0 fully saturated rings. The van der Waals surface area contributed by atoms with Gasteiger partial charge in [-0.3, -0.25) is 4.79 Å². The summed E-state index contributed by atoms with van der Waals surface area (Å²) < 4.78 is 11.2. The zero-order valence-electron chi connectivity index (χ0n) is 16.0. The predicted octanol–water partition coefficient (Wildman–Crippen LogP) is 3.01. The summed E-state index contributed by atoms with van der Waals surface area (Å²) in [6.45, 7) is 5.87. The van der Waals surface area contributed by atoms with E-state index >= 15 is 0 Å². The Hall–Kier alpha value is -3.35. The molecule has 7 nitrogen and oxygen atoms in total. The Bertz CT molecular complexity index is 985. The van der Waals surface area contributed by atoms with Crippen molar-refractivity contribution in [1.29, 1.82) is 0 Å². The number of nitrogens with zero attached hydrogens (tertiary/aromatic N) is 4. The third-order valence-electron chi connectivity index (χ3n) is 4.62. The Balaban J connectivity index is 1.55. The summed E-state index contributed by atoms with van der Waals surface area (Å²) in [5.74, 6) is 1.32. The molecule has 144 valence electrons. The van der Waals surface area contributed by atoms with Crippen LogP contribution in [0.5, 0.6) is 11.5 Å². The topological polar surface area (TPSA) is 69.5 Å². The molecular formula is C21H22N4O3. The van der Waals surface area contributed by atoms with E-state index in [9.17, 15) is 4.79 Å². The minimum atomic E-state index is -0.142. The number of benzene rings is 2. The highest BCUT2D eigenvalue weighted by atomic mass is 16.6. The Labute approximate surface area is 163 Å². The van der Waals surface area contributed by atoms with Crippen molar-refractivity contribution in [2.45, 2.75) is 20.4 Å². The van der Waals surface area contributed by atoms with Crippen molar-refractivity contribution in [3.05, 3.63) is 65.5 Å². The number of carbonyl (C=O) groups is 1. The van der Waals surface area contributed by atoms with E-state index < -0.39 is 0 Å². The molecular weight excluding hydrogens is 356 g/mol. The summed E-state index contributed by atoms with van der Waals surface area (Å²) in [7, 11) is 0. The first-order chi connectivity index (χ1) is 13.7. The predicted molar refractivity (Wildman–Crippen MR) is 104 cm³/mol. The van der Waals surface area contributed by atoms with E-state index in [2.05, 4.69) is 10.2 Å². The summed E-state index contributed by atoms with van der Waals surface area (Å²) >= 11 is 0. The molecule has 0 atom stereocenters. The molecule has 1 aliphatic heterocycles. The highest BCUT2D eigenvalue weighted by Gasteiger charge is 2.22. The summed E-state index contributed by atoms with van der Waals surface area (Å²) in [6, 6.07) is 15.3. The largest absolute Gasteiger partial charge is 0.486 e. The summed E-state index contributed by atoms with van der Waals surface area (Å²) in [4.78, 5) is 16.3. The third kappa shape index (κ3) is 3.55.